The lowest BCUT2D eigenvalue weighted by molar-refractivity contribution is -0.143. The van der Waals surface area contributed by atoms with E-state index in [1.165, 1.54) is 12.0 Å². The molecule has 2 N–H and O–H groups in total. The van der Waals surface area contributed by atoms with Gasteiger partial charge in [0, 0.05) is 19.3 Å². The van der Waals surface area contributed by atoms with Crippen molar-refractivity contribution in [3.63, 3.8) is 0 Å². The maximum absolute atomic E-state index is 12.4. The Morgan fingerprint density at radius 1 is 1.50 bits per heavy atom. The highest BCUT2D eigenvalue weighted by Gasteiger charge is 2.34. The summed E-state index contributed by atoms with van der Waals surface area (Å²) in [7, 11) is 1.45. The second-order valence-electron chi connectivity index (χ2n) is 5.91. The van der Waals surface area contributed by atoms with E-state index in [0.717, 1.165) is 5.56 Å². The molecule has 0 spiro atoms. The summed E-state index contributed by atoms with van der Waals surface area (Å²) in [5.74, 6) is 0.309. The normalized spacial score (nSPS) is 18.5. The summed E-state index contributed by atoms with van der Waals surface area (Å²) in [5, 5.41) is 5.33. The van der Waals surface area contributed by atoms with Crippen LogP contribution in [0.4, 0.5) is 23.7 Å². The third-order valence-electron chi connectivity index (χ3n) is 3.75. The molecule has 1 aliphatic rings. The predicted molar refractivity (Wildman–Crippen MR) is 83.1 cm³/mol. The van der Waals surface area contributed by atoms with Crippen molar-refractivity contribution >= 4 is 11.7 Å². The molecule has 1 aromatic heterocycles. The summed E-state index contributed by atoms with van der Waals surface area (Å²) >= 11 is 0. The number of halogens is 3. The van der Waals surface area contributed by atoms with Crippen LogP contribution in [0.1, 0.15) is 12.0 Å². The van der Waals surface area contributed by atoms with E-state index in [4.69, 9.17) is 4.74 Å². The number of anilines is 1. The van der Waals surface area contributed by atoms with Crippen molar-refractivity contribution in [2.24, 2.45) is 5.92 Å². The van der Waals surface area contributed by atoms with Crippen LogP contribution in [-0.4, -0.2) is 55.4 Å². The molecule has 0 saturated carbocycles. The molecule has 2 rings (SSSR count). The molecule has 9 heteroatoms. The number of urea groups is 1. The standard InChI is InChI=1S/C15H21F3N4O2/c1-10-5-12(13(24-2)19-6-10)21-14(23)20-7-11-3-4-22(8-11)9-15(16,17)18/h5-6,11H,3-4,7-9H2,1-2H3,(H2,20,21,23). The largest absolute Gasteiger partial charge is 0.480 e. The maximum atomic E-state index is 12.4. The molecule has 0 radical (unpaired) electrons. The van der Waals surface area contributed by atoms with Crippen molar-refractivity contribution in [3.8, 4) is 5.88 Å². The first-order valence-electron chi connectivity index (χ1n) is 7.61. The van der Waals surface area contributed by atoms with Crippen LogP contribution in [0.2, 0.25) is 0 Å². The third kappa shape index (κ3) is 5.55. The second kappa shape index (κ2) is 7.69. The molecule has 2 heterocycles. The van der Waals surface area contributed by atoms with E-state index in [1.807, 2.05) is 6.92 Å². The first-order valence-corrected chi connectivity index (χ1v) is 7.61. The van der Waals surface area contributed by atoms with Crippen LogP contribution in [0, 0.1) is 12.8 Å². The highest BCUT2D eigenvalue weighted by Crippen LogP contribution is 2.23. The Kier molecular flexibility index (Phi) is 5.87. The van der Waals surface area contributed by atoms with E-state index in [2.05, 4.69) is 15.6 Å². The van der Waals surface area contributed by atoms with Gasteiger partial charge in [0.2, 0.25) is 5.88 Å². The van der Waals surface area contributed by atoms with Crippen LogP contribution >= 0.6 is 0 Å². The van der Waals surface area contributed by atoms with Crippen LogP contribution in [-0.2, 0) is 0 Å². The Morgan fingerprint density at radius 3 is 2.92 bits per heavy atom. The Hall–Kier alpha value is -2.03. The van der Waals surface area contributed by atoms with E-state index in [0.29, 0.717) is 37.6 Å². The molecule has 1 atom stereocenters. The Morgan fingerprint density at radius 2 is 2.25 bits per heavy atom. The van der Waals surface area contributed by atoms with E-state index < -0.39 is 18.8 Å². The Bertz CT molecular complexity index is 580. The van der Waals surface area contributed by atoms with Gasteiger partial charge in [-0.3, -0.25) is 4.90 Å². The topological polar surface area (TPSA) is 66.5 Å². The number of nitrogens with zero attached hydrogens (tertiary/aromatic N) is 2. The molecular weight excluding hydrogens is 325 g/mol. The number of rotatable bonds is 5. The van der Waals surface area contributed by atoms with Gasteiger partial charge in [0.1, 0.15) is 5.69 Å². The molecule has 2 amide bonds. The molecule has 1 unspecified atom stereocenters. The summed E-state index contributed by atoms with van der Waals surface area (Å²) in [6, 6.07) is 1.29. The van der Waals surface area contributed by atoms with Gasteiger partial charge in [0.05, 0.1) is 13.7 Å². The summed E-state index contributed by atoms with van der Waals surface area (Å²) in [6.07, 6.45) is -1.93. The molecule has 1 aliphatic heterocycles. The summed E-state index contributed by atoms with van der Waals surface area (Å²) in [4.78, 5) is 17.4. The number of amides is 2. The van der Waals surface area contributed by atoms with Gasteiger partial charge in [-0.25, -0.2) is 9.78 Å². The fourth-order valence-corrected chi connectivity index (χ4v) is 2.69. The number of hydrogen-bond acceptors (Lipinski definition) is 4. The van der Waals surface area contributed by atoms with Crippen molar-refractivity contribution in [3.05, 3.63) is 17.8 Å². The van der Waals surface area contributed by atoms with Gasteiger partial charge in [-0.15, -0.1) is 0 Å². The number of aromatic nitrogens is 1. The smallest absolute Gasteiger partial charge is 0.401 e. The van der Waals surface area contributed by atoms with Crippen molar-refractivity contribution in [2.45, 2.75) is 19.5 Å². The van der Waals surface area contributed by atoms with E-state index in [-0.39, 0.29) is 5.92 Å². The second-order valence-corrected chi connectivity index (χ2v) is 5.91. The van der Waals surface area contributed by atoms with Gasteiger partial charge >= 0.3 is 12.2 Å². The summed E-state index contributed by atoms with van der Waals surface area (Å²) < 4.78 is 42.1. The number of ether oxygens (including phenoxy) is 1. The SMILES string of the molecule is COc1ncc(C)cc1NC(=O)NCC1CCN(CC(F)(F)F)C1. The number of pyridine rings is 1. The van der Waals surface area contributed by atoms with Gasteiger partial charge in [0.25, 0.3) is 0 Å². The van der Waals surface area contributed by atoms with Crippen molar-refractivity contribution in [1.29, 1.82) is 0 Å². The zero-order chi connectivity index (χ0) is 17.7. The van der Waals surface area contributed by atoms with E-state index in [9.17, 15) is 18.0 Å². The molecule has 1 saturated heterocycles. The zero-order valence-electron chi connectivity index (χ0n) is 13.6. The summed E-state index contributed by atoms with van der Waals surface area (Å²) in [5.41, 5.74) is 1.31. The van der Waals surface area contributed by atoms with Crippen molar-refractivity contribution < 1.29 is 22.7 Å². The number of carbonyl (C=O) groups is 1. The minimum absolute atomic E-state index is 0.00984. The number of aryl methyl sites for hydroxylation is 1. The van der Waals surface area contributed by atoms with Gasteiger partial charge in [-0.05, 0) is 37.4 Å². The molecule has 24 heavy (non-hydrogen) atoms. The van der Waals surface area contributed by atoms with E-state index in [1.54, 1.807) is 12.3 Å². The first kappa shape index (κ1) is 18.3. The number of hydrogen-bond donors (Lipinski definition) is 2. The monoisotopic (exact) mass is 346 g/mol. The predicted octanol–water partition coefficient (Wildman–Crippen LogP) is 2.40. The molecule has 6 nitrogen and oxygen atoms in total. The number of methoxy groups -OCH3 is 1. The highest BCUT2D eigenvalue weighted by atomic mass is 19.4. The molecule has 0 aromatic carbocycles. The van der Waals surface area contributed by atoms with Gasteiger partial charge in [0.15, 0.2) is 0 Å². The number of carbonyl (C=O) groups excluding carboxylic acids is 1. The summed E-state index contributed by atoms with van der Waals surface area (Å²) in [6.45, 7) is 1.98. The van der Waals surface area contributed by atoms with Crippen LogP contribution in [0.25, 0.3) is 0 Å². The molecular formula is C15H21F3N4O2. The van der Waals surface area contributed by atoms with Crippen molar-refractivity contribution in [2.75, 3.05) is 38.6 Å². The quantitative estimate of drug-likeness (QED) is 0.859. The fraction of sp³-hybridized carbons (Fsp3) is 0.600. The van der Waals surface area contributed by atoms with E-state index >= 15 is 0 Å². The van der Waals surface area contributed by atoms with Gasteiger partial charge in [-0.1, -0.05) is 0 Å². The molecule has 1 aromatic rings. The minimum Gasteiger partial charge on any atom is -0.480 e. The Balaban J connectivity index is 1.79. The van der Waals surface area contributed by atoms with Crippen LogP contribution < -0.4 is 15.4 Å². The molecule has 0 bridgehead atoms. The average molecular weight is 346 g/mol. The Labute approximate surface area is 138 Å². The van der Waals surface area contributed by atoms with Crippen LogP contribution in [0.5, 0.6) is 5.88 Å². The van der Waals surface area contributed by atoms with Gasteiger partial charge < -0.3 is 15.4 Å². The lowest BCUT2D eigenvalue weighted by Crippen LogP contribution is -2.36. The molecule has 0 aliphatic carbocycles. The van der Waals surface area contributed by atoms with Gasteiger partial charge in [-0.2, -0.15) is 13.2 Å². The van der Waals surface area contributed by atoms with Crippen LogP contribution in [0.3, 0.4) is 0 Å². The third-order valence-corrected chi connectivity index (χ3v) is 3.75. The average Bonchev–Trinajstić information content (AvgIpc) is 2.91. The number of nitrogens with one attached hydrogen (secondary N) is 2. The molecule has 134 valence electrons. The first-order chi connectivity index (χ1) is 11.3. The maximum Gasteiger partial charge on any atom is 0.401 e. The minimum atomic E-state index is -4.19. The number of likely N-dealkylation sites (tertiary alicyclic amines) is 1. The fourth-order valence-electron chi connectivity index (χ4n) is 2.69. The molecule has 1 fully saturated rings. The number of alkyl halides is 3. The lowest BCUT2D eigenvalue weighted by Gasteiger charge is -2.18. The van der Waals surface area contributed by atoms with Crippen molar-refractivity contribution in [1.82, 2.24) is 15.2 Å². The zero-order valence-corrected chi connectivity index (χ0v) is 13.6. The highest BCUT2D eigenvalue weighted by molar-refractivity contribution is 5.90. The lowest BCUT2D eigenvalue weighted by atomic mass is 10.1. The van der Waals surface area contributed by atoms with Crippen LogP contribution in [0.15, 0.2) is 12.3 Å².